The molecule has 0 aliphatic carbocycles. The molecule has 0 bridgehead atoms. The maximum Gasteiger partial charge on any atom is 0.317 e. The molecule has 0 radical (unpaired) electrons. The van der Waals surface area contributed by atoms with Crippen molar-refractivity contribution in [3.8, 4) is 0 Å². The monoisotopic (exact) mass is 422 g/mol. The first-order chi connectivity index (χ1) is 13.3. The first-order valence-corrected chi connectivity index (χ1v) is 11.2. The molecule has 0 aromatic heterocycles. The van der Waals surface area contributed by atoms with E-state index in [9.17, 15) is 13.2 Å². The molecule has 2 aromatic carbocycles. The van der Waals surface area contributed by atoms with Crippen LogP contribution in [0.3, 0.4) is 0 Å². The van der Waals surface area contributed by atoms with E-state index in [1.54, 1.807) is 23.1 Å². The lowest BCUT2D eigenvalue weighted by Crippen LogP contribution is -2.51. The fourth-order valence-electron chi connectivity index (χ4n) is 3.11. The van der Waals surface area contributed by atoms with Crippen LogP contribution in [0.25, 0.3) is 0 Å². The van der Waals surface area contributed by atoms with Crippen LogP contribution in [0.2, 0.25) is 5.02 Å². The SMILES string of the molecule is CS(=O)(=O)Nc1cccc(CNC(=O)N2CCN(c3ccccc3Cl)CC2)c1. The van der Waals surface area contributed by atoms with Gasteiger partial charge in [0.2, 0.25) is 10.0 Å². The topological polar surface area (TPSA) is 81.8 Å². The molecule has 0 unspecified atom stereocenters. The number of hydrogen-bond acceptors (Lipinski definition) is 4. The smallest absolute Gasteiger partial charge is 0.317 e. The lowest BCUT2D eigenvalue weighted by atomic mass is 10.2. The highest BCUT2D eigenvalue weighted by Gasteiger charge is 2.22. The van der Waals surface area contributed by atoms with Crippen molar-refractivity contribution in [2.45, 2.75) is 6.54 Å². The van der Waals surface area contributed by atoms with Crippen molar-refractivity contribution < 1.29 is 13.2 Å². The van der Waals surface area contributed by atoms with Gasteiger partial charge in [-0.3, -0.25) is 4.72 Å². The molecule has 1 fully saturated rings. The molecule has 1 heterocycles. The van der Waals surface area contributed by atoms with Gasteiger partial charge in [0.05, 0.1) is 17.0 Å². The zero-order chi connectivity index (χ0) is 20.1. The third kappa shape index (κ3) is 5.53. The van der Waals surface area contributed by atoms with Crippen LogP contribution in [0.4, 0.5) is 16.2 Å². The number of urea groups is 1. The van der Waals surface area contributed by atoms with E-state index in [0.29, 0.717) is 43.4 Å². The number of rotatable bonds is 5. The molecule has 7 nitrogen and oxygen atoms in total. The van der Waals surface area contributed by atoms with Gasteiger partial charge in [0.1, 0.15) is 0 Å². The van der Waals surface area contributed by atoms with E-state index in [1.165, 1.54) is 0 Å². The van der Waals surface area contributed by atoms with E-state index in [1.807, 2.05) is 30.3 Å². The van der Waals surface area contributed by atoms with Gasteiger partial charge in [0, 0.05) is 38.4 Å². The normalized spacial score (nSPS) is 14.6. The molecule has 1 aliphatic rings. The number of benzene rings is 2. The van der Waals surface area contributed by atoms with Crippen LogP contribution in [0.5, 0.6) is 0 Å². The number of carbonyl (C=O) groups is 1. The van der Waals surface area contributed by atoms with Crippen molar-refractivity contribution in [2.75, 3.05) is 42.1 Å². The van der Waals surface area contributed by atoms with Crippen molar-refractivity contribution >= 4 is 39.0 Å². The van der Waals surface area contributed by atoms with Crippen molar-refractivity contribution in [1.82, 2.24) is 10.2 Å². The van der Waals surface area contributed by atoms with E-state index < -0.39 is 10.0 Å². The third-order valence-corrected chi connectivity index (χ3v) is 5.36. The quantitative estimate of drug-likeness (QED) is 0.776. The molecule has 2 N–H and O–H groups in total. The Balaban J connectivity index is 1.51. The van der Waals surface area contributed by atoms with Crippen LogP contribution < -0.4 is 14.9 Å². The summed E-state index contributed by atoms with van der Waals surface area (Å²) in [6.07, 6.45) is 1.10. The lowest BCUT2D eigenvalue weighted by molar-refractivity contribution is 0.194. The summed E-state index contributed by atoms with van der Waals surface area (Å²) in [7, 11) is -3.33. The number of carbonyl (C=O) groups excluding carboxylic acids is 1. The minimum atomic E-state index is -3.33. The maximum atomic E-state index is 12.5. The Morgan fingerprint density at radius 1 is 1.07 bits per heavy atom. The fraction of sp³-hybridized carbons (Fsp3) is 0.316. The van der Waals surface area contributed by atoms with Gasteiger partial charge in [-0.25, -0.2) is 13.2 Å². The van der Waals surface area contributed by atoms with E-state index in [0.717, 1.165) is 17.5 Å². The Hall–Kier alpha value is -2.45. The van der Waals surface area contributed by atoms with Crippen LogP contribution in [0, 0.1) is 0 Å². The molecule has 1 saturated heterocycles. The van der Waals surface area contributed by atoms with Crippen molar-refractivity contribution in [3.63, 3.8) is 0 Å². The highest BCUT2D eigenvalue weighted by molar-refractivity contribution is 7.92. The molecule has 150 valence electrons. The van der Waals surface area contributed by atoms with Crippen LogP contribution in [0.15, 0.2) is 48.5 Å². The van der Waals surface area contributed by atoms with Gasteiger partial charge in [-0.1, -0.05) is 35.9 Å². The summed E-state index contributed by atoms with van der Waals surface area (Å²) in [6, 6.07) is 14.5. The van der Waals surface area contributed by atoms with Crippen molar-refractivity contribution in [1.29, 1.82) is 0 Å². The number of sulfonamides is 1. The standard InChI is InChI=1S/C19H23ClN4O3S/c1-28(26,27)22-16-6-4-5-15(13-16)14-21-19(25)24-11-9-23(10-12-24)18-8-3-2-7-17(18)20/h2-8,13,22H,9-12,14H2,1H3,(H,21,25). The summed E-state index contributed by atoms with van der Waals surface area (Å²) >= 11 is 6.25. The molecular weight excluding hydrogens is 400 g/mol. The number of amides is 2. The second-order valence-corrected chi connectivity index (χ2v) is 8.81. The van der Waals surface area contributed by atoms with Gasteiger partial charge in [0.25, 0.3) is 0 Å². The molecule has 1 aliphatic heterocycles. The zero-order valence-corrected chi connectivity index (χ0v) is 17.1. The Bertz CT molecular complexity index is 944. The summed E-state index contributed by atoms with van der Waals surface area (Å²) in [5, 5.41) is 3.60. The fourth-order valence-corrected chi connectivity index (χ4v) is 3.92. The van der Waals surface area contributed by atoms with Crippen LogP contribution >= 0.6 is 11.6 Å². The molecule has 9 heteroatoms. The second-order valence-electron chi connectivity index (χ2n) is 6.66. The van der Waals surface area contributed by atoms with Crippen molar-refractivity contribution in [3.05, 3.63) is 59.1 Å². The Labute approximate surface area is 170 Å². The molecule has 28 heavy (non-hydrogen) atoms. The van der Waals surface area contributed by atoms with Gasteiger partial charge < -0.3 is 15.1 Å². The predicted molar refractivity (Wildman–Crippen MR) is 112 cm³/mol. The minimum absolute atomic E-state index is 0.139. The molecule has 2 aromatic rings. The number of halogens is 1. The third-order valence-electron chi connectivity index (χ3n) is 4.43. The van der Waals surface area contributed by atoms with E-state index in [2.05, 4.69) is 14.9 Å². The summed E-state index contributed by atoms with van der Waals surface area (Å²) in [4.78, 5) is 16.4. The van der Waals surface area contributed by atoms with Crippen LogP contribution in [0.1, 0.15) is 5.56 Å². The highest BCUT2D eigenvalue weighted by Crippen LogP contribution is 2.26. The Morgan fingerprint density at radius 3 is 2.46 bits per heavy atom. The predicted octanol–water partition coefficient (Wildman–Crippen LogP) is 2.74. The largest absolute Gasteiger partial charge is 0.367 e. The summed E-state index contributed by atoms with van der Waals surface area (Å²) in [5.41, 5.74) is 2.28. The lowest BCUT2D eigenvalue weighted by Gasteiger charge is -2.36. The Morgan fingerprint density at radius 2 is 1.79 bits per heavy atom. The average molecular weight is 423 g/mol. The highest BCUT2D eigenvalue weighted by atomic mass is 35.5. The maximum absolute atomic E-state index is 12.5. The van der Waals surface area contributed by atoms with Gasteiger partial charge in [-0.05, 0) is 29.8 Å². The summed E-state index contributed by atoms with van der Waals surface area (Å²) in [5.74, 6) is 0. The van der Waals surface area contributed by atoms with E-state index >= 15 is 0 Å². The van der Waals surface area contributed by atoms with E-state index in [4.69, 9.17) is 11.6 Å². The average Bonchev–Trinajstić information content (AvgIpc) is 2.66. The summed E-state index contributed by atoms with van der Waals surface area (Å²) < 4.78 is 25.1. The number of nitrogens with zero attached hydrogens (tertiary/aromatic N) is 2. The van der Waals surface area contributed by atoms with Crippen LogP contribution in [-0.4, -0.2) is 51.8 Å². The number of anilines is 2. The molecular formula is C19H23ClN4O3S. The molecule has 0 atom stereocenters. The Kier molecular flexibility index (Phi) is 6.31. The first-order valence-electron chi connectivity index (χ1n) is 8.91. The first kappa shape index (κ1) is 20.3. The molecule has 3 rings (SSSR count). The minimum Gasteiger partial charge on any atom is -0.367 e. The summed E-state index contributed by atoms with van der Waals surface area (Å²) in [6.45, 7) is 2.96. The van der Waals surface area contributed by atoms with Gasteiger partial charge in [0.15, 0.2) is 0 Å². The molecule has 0 spiro atoms. The molecule has 2 amide bonds. The van der Waals surface area contributed by atoms with Crippen molar-refractivity contribution in [2.24, 2.45) is 0 Å². The van der Waals surface area contributed by atoms with Crippen LogP contribution in [-0.2, 0) is 16.6 Å². The molecule has 0 saturated carbocycles. The van der Waals surface area contributed by atoms with Gasteiger partial charge >= 0.3 is 6.03 Å². The van der Waals surface area contributed by atoms with E-state index in [-0.39, 0.29) is 6.03 Å². The second kappa shape index (κ2) is 8.70. The number of para-hydroxylation sites is 1. The van der Waals surface area contributed by atoms with Gasteiger partial charge in [-0.15, -0.1) is 0 Å². The number of piperazine rings is 1. The zero-order valence-electron chi connectivity index (χ0n) is 15.6. The number of nitrogens with one attached hydrogen (secondary N) is 2. The van der Waals surface area contributed by atoms with Gasteiger partial charge in [-0.2, -0.15) is 0 Å². The number of hydrogen-bond donors (Lipinski definition) is 2.